The van der Waals surface area contributed by atoms with Crippen LogP contribution in [0.5, 0.6) is 0 Å². The van der Waals surface area contributed by atoms with Gasteiger partial charge in [0.05, 0.1) is 5.52 Å². The van der Waals surface area contributed by atoms with Crippen molar-refractivity contribution in [2.75, 3.05) is 5.73 Å². The SMILES string of the molecule is Cc1cnc2ccc(-c3cccc(N)c3)cc2c1. The Hall–Kier alpha value is -2.35. The summed E-state index contributed by atoms with van der Waals surface area (Å²) in [5.74, 6) is 0. The number of nitrogen functional groups attached to an aromatic ring is 1. The Morgan fingerprint density at radius 1 is 0.944 bits per heavy atom. The lowest BCUT2D eigenvalue weighted by atomic mass is 10.0. The van der Waals surface area contributed by atoms with E-state index in [9.17, 15) is 0 Å². The molecule has 0 unspecified atom stereocenters. The number of rotatable bonds is 1. The van der Waals surface area contributed by atoms with Crippen LogP contribution in [0.3, 0.4) is 0 Å². The largest absolute Gasteiger partial charge is 0.399 e. The molecule has 0 saturated carbocycles. The van der Waals surface area contributed by atoms with Gasteiger partial charge in [-0.1, -0.05) is 18.2 Å². The molecule has 1 aromatic heterocycles. The highest BCUT2D eigenvalue weighted by molar-refractivity contribution is 5.85. The van der Waals surface area contributed by atoms with Gasteiger partial charge in [0.25, 0.3) is 0 Å². The Balaban J connectivity index is 2.18. The maximum Gasteiger partial charge on any atom is 0.0702 e. The second kappa shape index (κ2) is 4.15. The zero-order valence-corrected chi connectivity index (χ0v) is 10.2. The van der Waals surface area contributed by atoms with Gasteiger partial charge in [0.1, 0.15) is 0 Å². The van der Waals surface area contributed by atoms with E-state index in [4.69, 9.17) is 5.73 Å². The first kappa shape index (κ1) is 10.8. The van der Waals surface area contributed by atoms with Crippen molar-refractivity contribution >= 4 is 16.6 Å². The third kappa shape index (κ3) is 1.93. The smallest absolute Gasteiger partial charge is 0.0702 e. The maximum absolute atomic E-state index is 5.82. The summed E-state index contributed by atoms with van der Waals surface area (Å²) in [6.45, 7) is 2.06. The van der Waals surface area contributed by atoms with Gasteiger partial charge in [-0.3, -0.25) is 4.98 Å². The van der Waals surface area contributed by atoms with Gasteiger partial charge in [0.2, 0.25) is 0 Å². The van der Waals surface area contributed by atoms with Crippen molar-refractivity contribution in [1.29, 1.82) is 0 Å². The zero-order chi connectivity index (χ0) is 12.5. The molecular formula is C16H14N2. The van der Waals surface area contributed by atoms with Crippen LogP contribution in [0.15, 0.2) is 54.7 Å². The summed E-state index contributed by atoms with van der Waals surface area (Å²) in [6, 6.07) is 16.4. The Bertz CT molecular complexity index is 717. The number of pyridine rings is 1. The molecule has 0 bridgehead atoms. The van der Waals surface area contributed by atoms with Gasteiger partial charge < -0.3 is 5.73 Å². The molecular weight excluding hydrogens is 220 g/mol. The molecule has 2 aromatic carbocycles. The molecule has 88 valence electrons. The maximum atomic E-state index is 5.82. The molecule has 0 saturated heterocycles. The summed E-state index contributed by atoms with van der Waals surface area (Å²) in [4.78, 5) is 4.41. The van der Waals surface area contributed by atoms with E-state index in [0.29, 0.717) is 0 Å². The minimum Gasteiger partial charge on any atom is -0.399 e. The van der Waals surface area contributed by atoms with Crippen LogP contribution in [0.2, 0.25) is 0 Å². The van der Waals surface area contributed by atoms with E-state index in [1.165, 1.54) is 11.1 Å². The molecule has 2 nitrogen and oxygen atoms in total. The molecule has 0 aliphatic carbocycles. The van der Waals surface area contributed by atoms with Gasteiger partial charge in [-0.2, -0.15) is 0 Å². The van der Waals surface area contributed by atoms with Crippen molar-refractivity contribution in [2.45, 2.75) is 6.92 Å². The van der Waals surface area contributed by atoms with Crippen molar-refractivity contribution in [3.63, 3.8) is 0 Å². The van der Waals surface area contributed by atoms with Crippen molar-refractivity contribution in [3.8, 4) is 11.1 Å². The van der Waals surface area contributed by atoms with Crippen LogP contribution >= 0.6 is 0 Å². The minimum atomic E-state index is 0.787. The number of anilines is 1. The highest BCUT2D eigenvalue weighted by Gasteiger charge is 2.01. The summed E-state index contributed by atoms with van der Waals surface area (Å²) in [6.07, 6.45) is 1.89. The lowest BCUT2D eigenvalue weighted by molar-refractivity contribution is 1.33. The van der Waals surface area contributed by atoms with Crippen LogP contribution in [-0.4, -0.2) is 4.98 Å². The third-order valence-corrected chi connectivity index (χ3v) is 3.04. The van der Waals surface area contributed by atoms with Crippen LogP contribution in [0.4, 0.5) is 5.69 Å². The first-order valence-electron chi connectivity index (χ1n) is 5.95. The molecule has 2 N–H and O–H groups in total. The topological polar surface area (TPSA) is 38.9 Å². The van der Waals surface area contributed by atoms with E-state index in [-0.39, 0.29) is 0 Å². The molecule has 18 heavy (non-hydrogen) atoms. The second-order valence-electron chi connectivity index (χ2n) is 4.55. The van der Waals surface area contributed by atoms with E-state index >= 15 is 0 Å². The van der Waals surface area contributed by atoms with E-state index < -0.39 is 0 Å². The summed E-state index contributed by atoms with van der Waals surface area (Å²) >= 11 is 0. The Morgan fingerprint density at radius 2 is 1.78 bits per heavy atom. The number of fused-ring (bicyclic) bond motifs is 1. The van der Waals surface area contributed by atoms with Gasteiger partial charge >= 0.3 is 0 Å². The minimum absolute atomic E-state index is 0.787. The number of nitrogens with zero attached hydrogens (tertiary/aromatic N) is 1. The van der Waals surface area contributed by atoms with Crippen molar-refractivity contribution in [1.82, 2.24) is 4.98 Å². The van der Waals surface area contributed by atoms with Gasteiger partial charge in [-0.15, -0.1) is 0 Å². The molecule has 0 atom stereocenters. The van der Waals surface area contributed by atoms with E-state index in [1.54, 1.807) is 0 Å². The lowest BCUT2D eigenvalue weighted by Gasteiger charge is -2.05. The molecule has 3 aromatic rings. The van der Waals surface area contributed by atoms with Crippen LogP contribution in [-0.2, 0) is 0 Å². The van der Waals surface area contributed by atoms with E-state index in [1.807, 2.05) is 30.5 Å². The molecule has 0 spiro atoms. The summed E-state index contributed by atoms with van der Waals surface area (Å²) in [5.41, 5.74) is 11.1. The van der Waals surface area contributed by atoms with E-state index in [0.717, 1.165) is 22.2 Å². The first-order valence-corrected chi connectivity index (χ1v) is 5.95. The standard InChI is InChI=1S/C16H14N2/c1-11-7-14-8-13(5-6-16(14)18-10-11)12-3-2-4-15(17)9-12/h2-10H,17H2,1H3. The lowest BCUT2D eigenvalue weighted by Crippen LogP contribution is -1.86. The fourth-order valence-electron chi connectivity index (χ4n) is 2.14. The molecule has 0 aliphatic heterocycles. The van der Waals surface area contributed by atoms with Gasteiger partial charge in [0.15, 0.2) is 0 Å². The Kier molecular flexibility index (Phi) is 2.49. The number of benzene rings is 2. The highest BCUT2D eigenvalue weighted by Crippen LogP contribution is 2.25. The van der Waals surface area contributed by atoms with Gasteiger partial charge in [-0.25, -0.2) is 0 Å². The summed E-state index contributed by atoms with van der Waals surface area (Å²) in [7, 11) is 0. The van der Waals surface area contributed by atoms with Gasteiger partial charge in [0, 0.05) is 17.3 Å². The number of hydrogen-bond acceptors (Lipinski definition) is 2. The van der Waals surface area contributed by atoms with Crippen LogP contribution in [0, 0.1) is 6.92 Å². The molecule has 1 heterocycles. The zero-order valence-electron chi connectivity index (χ0n) is 10.2. The monoisotopic (exact) mass is 234 g/mol. The average Bonchev–Trinajstić information content (AvgIpc) is 2.38. The number of aromatic nitrogens is 1. The quantitative estimate of drug-likeness (QED) is 0.650. The normalized spacial score (nSPS) is 10.7. The second-order valence-corrected chi connectivity index (χ2v) is 4.55. The molecule has 0 radical (unpaired) electrons. The fraction of sp³-hybridized carbons (Fsp3) is 0.0625. The first-order chi connectivity index (χ1) is 8.72. The Labute approximate surface area is 106 Å². The predicted molar refractivity (Wildman–Crippen MR) is 76.3 cm³/mol. The Morgan fingerprint density at radius 3 is 2.61 bits per heavy atom. The molecule has 2 heteroatoms. The molecule has 0 aliphatic rings. The van der Waals surface area contributed by atoms with Crippen LogP contribution < -0.4 is 5.73 Å². The number of nitrogens with two attached hydrogens (primary N) is 1. The number of aryl methyl sites for hydroxylation is 1. The van der Waals surface area contributed by atoms with Crippen molar-refractivity contribution in [2.24, 2.45) is 0 Å². The molecule has 0 fully saturated rings. The molecule has 3 rings (SSSR count). The highest BCUT2D eigenvalue weighted by atomic mass is 14.6. The van der Waals surface area contributed by atoms with Crippen LogP contribution in [0.25, 0.3) is 22.0 Å². The number of hydrogen-bond donors (Lipinski definition) is 1. The summed E-state index contributed by atoms with van der Waals surface area (Å²) < 4.78 is 0. The van der Waals surface area contributed by atoms with Crippen molar-refractivity contribution in [3.05, 3.63) is 60.3 Å². The van der Waals surface area contributed by atoms with Crippen LogP contribution in [0.1, 0.15) is 5.56 Å². The average molecular weight is 234 g/mol. The third-order valence-electron chi connectivity index (χ3n) is 3.04. The van der Waals surface area contributed by atoms with E-state index in [2.05, 4.69) is 36.2 Å². The predicted octanol–water partition coefficient (Wildman–Crippen LogP) is 3.79. The summed E-state index contributed by atoms with van der Waals surface area (Å²) in [5, 5.41) is 1.16. The fourth-order valence-corrected chi connectivity index (χ4v) is 2.14. The van der Waals surface area contributed by atoms with Crippen molar-refractivity contribution < 1.29 is 0 Å². The van der Waals surface area contributed by atoms with Gasteiger partial charge in [-0.05, 0) is 53.9 Å². The molecule has 0 amide bonds.